The first kappa shape index (κ1) is 52.2. The molecule has 72 heavy (non-hydrogen) atoms. The molecule has 380 valence electrons. The molecular formula is C55H63N5O12. The number of carbonyl (C=O) groups excluding carboxylic acids is 2. The number of aromatic nitrogens is 3. The zero-order chi connectivity index (χ0) is 51.4. The van der Waals surface area contributed by atoms with Crippen molar-refractivity contribution in [1.82, 2.24) is 23.5 Å². The lowest BCUT2D eigenvalue weighted by Crippen LogP contribution is -2.49. The van der Waals surface area contributed by atoms with Gasteiger partial charge in [0, 0.05) is 79.7 Å². The Labute approximate surface area is 417 Å². The fourth-order valence-corrected chi connectivity index (χ4v) is 9.01. The molecular weight excluding hydrogens is 923 g/mol. The summed E-state index contributed by atoms with van der Waals surface area (Å²) in [4.78, 5) is 64.2. The molecule has 9 rings (SSSR count). The Bertz CT molecular complexity index is 3190. The zero-order valence-corrected chi connectivity index (χ0v) is 41.7. The van der Waals surface area contributed by atoms with Gasteiger partial charge in [-0.15, -0.1) is 0 Å². The number of aldehydes is 1. The van der Waals surface area contributed by atoms with E-state index < -0.39 is 5.60 Å². The summed E-state index contributed by atoms with van der Waals surface area (Å²) in [6.07, 6.45) is 2.03. The highest BCUT2D eigenvalue weighted by Crippen LogP contribution is 2.33. The third kappa shape index (κ3) is 12.4. The van der Waals surface area contributed by atoms with Gasteiger partial charge in [0.2, 0.25) is 0 Å². The number of para-hydroxylation sites is 3. The Morgan fingerprint density at radius 2 is 1.14 bits per heavy atom. The van der Waals surface area contributed by atoms with Gasteiger partial charge in [-0.05, 0) is 87.7 Å². The number of ether oxygens (including phenoxy) is 6. The lowest BCUT2D eigenvalue weighted by molar-refractivity contribution is -0.108. The first-order valence-electron chi connectivity index (χ1n) is 23.9. The van der Waals surface area contributed by atoms with Gasteiger partial charge < -0.3 is 57.3 Å². The van der Waals surface area contributed by atoms with E-state index in [4.69, 9.17) is 33.5 Å². The van der Waals surface area contributed by atoms with Crippen molar-refractivity contribution in [1.29, 1.82) is 0 Å². The number of piperidine rings is 1. The molecule has 4 aromatic carbocycles. The van der Waals surface area contributed by atoms with Crippen molar-refractivity contribution >= 4 is 45.1 Å². The molecule has 1 N–H and O–H groups in total. The van der Waals surface area contributed by atoms with E-state index in [-0.39, 0.29) is 48.5 Å². The lowest BCUT2D eigenvalue weighted by atomic mass is 10.0. The van der Waals surface area contributed by atoms with Crippen LogP contribution in [0, 0.1) is 0 Å². The van der Waals surface area contributed by atoms with Gasteiger partial charge >= 0.3 is 6.09 Å². The van der Waals surface area contributed by atoms with Crippen molar-refractivity contribution in [2.75, 3.05) is 60.8 Å². The van der Waals surface area contributed by atoms with Crippen molar-refractivity contribution in [3.8, 4) is 28.7 Å². The first-order chi connectivity index (χ1) is 34.8. The second-order valence-corrected chi connectivity index (χ2v) is 18.2. The van der Waals surface area contributed by atoms with Crippen molar-refractivity contribution < 1.29 is 43.1 Å². The topological polar surface area (TPSA) is 182 Å². The van der Waals surface area contributed by atoms with Crippen LogP contribution in [0.2, 0.25) is 0 Å². The Hall–Kier alpha value is -7.63. The molecule has 1 saturated heterocycles. The van der Waals surface area contributed by atoms with Crippen LogP contribution in [-0.2, 0) is 35.7 Å². The third-order valence-electron chi connectivity index (χ3n) is 12.4. The van der Waals surface area contributed by atoms with E-state index in [0.717, 1.165) is 71.0 Å². The Balaban J connectivity index is 0.000000193. The molecule has 17 nitrogen and oxygen atoms in total. The summed E-state index contributed by atoms with van der Waals surface area (Å²) < 4.78 is 37.9. The normalized spacial score (nSPS) is 13.6. The Morgan fingerprint density at radius 1 is 0.653 bits per heavy atom. The number of methoxy groups -OCH3 is 3. The van der Waals surface area contributed by atoms with Crippen LogP contribution in [0.25, 0.3) is 32.7 Å². The molecule has 0 bridgehead atoms. The molecule has 0 spiro atoms. The summed E-state index contributed by atoms with van der Waals surface area (Å²) in [7, 11) is 4.73. The van der Waals surface area contributed by atoms with E-state index in [9.17, 15) is 24.0 Å². The zero-order valence-electron chi connectivity index (χ0n) is 41.7. The van der Waals surface area contributed by atoms with Crippen LogP contribution in [0.3, 0.4) is 0 Å². The molecule has 0 radical (unpaired) electrons. The van der Waals surface area contributed by atoms with E-state index >= 15 is 0 Å². The monoisotopic (exact) mass is 985 g/mol. The minimum absolute atomic E-state index is 0.0382. The summed E-state index contributed by atoms with van der Waals surface area (Å²) in [5, 5.41) is 11.7. The van der Waals surface area contributed by atoms with E-state index in [1.807, 2.05) is 92.4 Å². The SMILES string of the molecule is COc1cccc2ccc(=O)n(CC=O)c12.COc1cccc2ccc(=O)n(CCN3CCC(N(Cc4ccc5c(c4)OCCO5)C(=O)OC(C)(C)C)CC3)c12.COc1cccc2ccc(=O)n(CCO)c12. The van der Waals surface area contributed by atoms with Gasteiger partial charge in [0.05, 0.1) is 51.0 Å². The summed E-state index contributed by atoms with van der Waals surface area (Å²) in [6.45, 7) is 10.3. The van der Waals surface area contributed by atoms with Gasteiger partial charge in [0.15, 0.2) is 11.5 Å². The quantitative estimate of drug-likeness (QED) is 0.118. The van der Waals surface area contributed by atoms with Crippen molar-refractivity contribution in [2.24, 2.45) is 0 Å². The number of hydrogen-bond donors (Lipinski definition) is 1. The van der Waals surface area contributed by atoms with Crippen LogP contribution in [0.1, 0.15) is 39.2 Å². The fourth-order valence-electron chi connectivity index (χ4n) is 9.01. The second-order valence-electron chi connectivity index (χ2n) is 18.2. The predicted molar refractivity (Wildman–Crippen MR) is 276 cm³/mol. The number of rotatable bonds is 13. The fraction of sp³-hybridized carbons (Fsp3) is 0.364. The molecule has 0 aliphatic carbocycles. The number of carbonyl (C=O) groups is 2. The number of aliphatic hydroxyl groups excluding tert-OH is 1. The second kappa shape index (κ2) is 24.0. The number of benzene rings is 4. The Morgan fingerprint density at radius 3 is 1.62 bits per heavy atom. The Kier molecular flexibility index (Phi) is 17.4. The maximum absolute atomic E-state index is 13.4. The van der Waals surface area contributed by atoms with E-state index in [2.05, 4.69) is 4.90 Å². The summed E-state index contributed by atoms with van der Waals surface area (Å²) in [6, 6.07) is 32.6. The molecule has 2 aliphatic heterocycles. The standard InChI is InChI=1S/C31H39N3O6.C12H13NO3.C12H11NO3/c1-31(2,3)40-30(36)34(21-22-8-10-25-27(20-22)39-19-18-38-25)24-12-14-32(15-13-24)16-17-33-28(35)11-9-23-6-5-7-26(37-4)29(23)33;2*1-16-10-4-2-3-9-5-6-11(15)13(7-8-14)12(9)10/h5-11,20,24H,12-19,21H2,1-4H3;2-6,14H,7-8H2,1H3;2-6,8H,7H2,1H3. The van der Waals surface area contributed by atoms with Gasteiger partial charge in [-0.3, -0.25) is 19.0 Å². The van der Waals surface area contributed by atoms with E-state index in [0.29, 0.717) is 61.1 Å². The average Bonchev–Trinajstić information content (AvgIpc) is 3.38. The molecule has 1 fully saturated rings. The van der Waals surface area contributed by atoms with Crippen LogP contribution in [0.5, 0.6) is 28.7 Å². The smallest absolute Gasteiger partial charge is 0.410 e. The minimum atomic E-state index is -0.588. The largest absolute Gasteiger partial charge is 0.495 e. The maximum Gasteiger partial charge on any atom is 0.410 e. The highest BCUT2D eigenvalue weighted by atomic mass is 16.6. The molecule has 0 atom stereocenters. The minimum Gasteiger partial charge on any atom is -0.495 e. The molecule has 3 aromatic heterocycles. The van der Waals surface area contributed by atoms with Crippen molar-refractivity contribution in [2.45, 2.75) is 71.4 Å². The molecule has 17 heteroatoms. The molecule has 0 unspecified atom stereocenters. The number of likely N-dealkylation sites (tertiary alicyclic amines) is 1. The van der Waals surface area contributed by atoms with Crippen LogP contribution in [0.4, 0.5) is 4.79 Å². The molecule has 7 aromatic rings. The predicted octanol–water partition coefficient (Wildman–Crippen LogP) is 6.89. The molecule has 1 amide bonds. The van der Waals surface area contributed by atoms with Crippen LogP contribution in [-0.4, -0.2) is 113 Å². The summed E-state index contributed by atoms with van der Waals surface area (Å²) >= 11 is 0. The lowest BCUT2D eigenvalue weighted by Gasteiger charge is -2.39. The van der Waals surface area contributed by atoms with Gasteiger partial charge in [-0.25, -0.2) is 4.79 Å². The van der Waals surface area contributed by atoms with E-state index in [1.54, 1.807) is 49.1 Å². The average molecular weight is 986 g/mol. The van der Waals surface area contributed by atoms with Crippen LogP contribution in [0.15, 0.2) is 124 Å². The third-order valence-corrected chi connectivity index (χ3v) is 12.4. The number of hydrogen-bond acceptors (Lipinski definition) is 13. The number of aliphatic hydroxyl groups is 1. The number of nitrogens with zero attached hydrogens (tertiary/aromatic N) is 5. The molecule has 5 heterocycles. The number of fused-ring (bicyclic) bond motifs is 4. The molecule has 2 aliphatic rings. The van der Waals surface area contributed by atoms with Crippen molar-refractivity contribution in [3.05, 3.63) is 146 Å². The number of pyridine rings is 3. The highest BCUT2D eigenvalue weighted by molar-refractivity contribution is 5.86. The summed E-state index contributed by atoms with van der Waals surface area (Å²) in [5.41, 5.74) is 2.22. The van der Waals surface area contributed by atoms with Gasteiger partial charge in [0.1, 0.15) is 42.3 Å². The van der Waals surface area contributed by atoms with Crippen molar-refractivity contribution in [3.63, 3.8) is 0 Å². The summed E-state index contributed by atoms with van der Waals surface area (Å²) in [5.74, 6) is 3.37. The number of amides is 1. The highest BCUT2D eigenvalue weighted by Gasteiger charge is 2.32. The van der Waals surface area contributed by atoms with Crippen LogP contribution < -0.4 is 40.4 Å². The molecule has 0 saturated carbocycles. The van der Waals surface area contributed by atoms with E-state index in [1.165, 1.54) is 28.4 Å². The van der Waals surface area contributed by atoms with Gasteiger partial charge in [-0.2, -0.15) is 0 Å². The van der Waals surface area contributed by atoms with Gasteiger partial charge in [0.25, 0.3) is 16.7 Å². The van der Waals surface area contributed by atoms with Crippen LogP contribution >= 0.6 is 0 Å². The van der Waals surface area contributed by atoms with Gasteiger partial charge in [-0.1, -0.05) is 42.5 Å². The maximum atomic E-state index is 13.4. The first-order valence-corrected chi connectivity index (χ1v) is 23.9.